The van der Waals surface area contributed by atoms with Gasteiger partial charge in [-0.15, -0.1) is 0 Å². The van der Waals surface area contributed by atoms with Crippen LogP contribution in [0.1, 0.15) is 10.4 Å². The molecule has 0 aliphatic heterocycles. The van der Waals surface area contributed by atoms with Gasteiger partial charge in [-0.2, -0.15) is 4.39 Å². The molecule has 18 heavy (non-hydrogen) atoms. The first kappa shape index (κ1) is 12.3. The Morgan fingerprint density at radius 2 is 2.11 bits per heavy atom. The molecule has 0 fully saturated rings. The van der Waals surface area contributed by atoms with Crippen molar-refractivity contribution in [2.75, 3.05) is 11.1 Å². The molecule has 0 atom stereocenters. The smallest absolute Gasteiger partial charge is 0.258 e. The Balaban J connectivity index is 2.24. The highest BCUT2D eigenvalue weighted by Crippen LogP contribution is 2.20. The zero-order valence-electron chi connectivity index (χ0n) is 9.15. The topological polar surface area (TPSA) is 68.0 Å². The summed E-state index contributed by atoms with van der Waals surface area (Å²) in [6, 6.07) is 8.64. The number of halogens is 2. The van der Waals surface area contributed by atoms with Gasteiger partial charge in [-0.3, -0.25) is 4.79 Å². The fourth-order valence-corrected chi connectivity index (χ4v) is 1.58. The van der Waals surface area contributed by atoms with E-state index in [4.69, 9.17) is 17.3 Å². The maximum absolute atomic E-state index is 12.9. The van der Waals surface area contributed by atoms with Gasteiger partial charge in [-0.1, -0.05) is 17.7 Å². The molecule has 1 heterocycles. The van der Waals surface area contributed by atoms with Gasteiger partial charge in [0.2, 0.25) is 5.95 Å². The molecule has 0 aliphatic carbocycles. The Morgan fingerprint density at radius 3 is 2.83 bits per heavy atom. The minimum atomic E-state index is -0.675. The van der Waals surface area contributed by atoms with Crippen molar-refractivity contribution in [3.8, 4) is 0 Å². The average molecular weight is 266 g/mol. The lowest BCUT2D eigenvalue weighted by Gasteiger charge is -2.06. The summed E-state index contributed by atoms with van der Waals surface area (Å²) in [7, 11) is 0. The largest absolute Gasteiger partial charge is 0.399 e. The van der Waals surface area contributed by atoms with Gasteiger partial charge in [0.1, 0.15) is 5.82 Å². The van der Waals surface area contributed by atoms with Crippen LogP contribution in [0.2, 0.25) is 5.02 Å². The van der Waals surface area contributed by atoms with Crippen molar-refractivity contribution in [1.82, 2.24) is 4.98 Å². The summed E-state index contributed by atoms with van der Waals surface area (Å²) in [5.74, 6) is -1.06. The van der Waals surface area contributed by atoms with Crippen LogP contribution in [-0.2, 0) is 0 Å². The number of nitrogens with one attached hydrogen (secondary N) is 1. The number of aromatic nitrogens is 1. The molecule has 0 bridgehead atoms. The average Bonchev–Trinajstić information content (AvgIpc) is 2.32. The van der Waals surface area contributed by atoms with Gasteiger partial charge in [-0.05, 0) is 30.3 Å². The van der Waals surface area contributed by atoms with E-state index in [1.165, 1.54) is 30.3 Å². The molecule has 92 valence electrons. The molecule has 0 saturated carbocycles. The van der Waals surface area contributed by atoms with Gasteiger partial charge in [0, 0.05) is 5.69 Å². The summed E-state index contributed by atoms with van der Waals surface area (Å²) in [4.78, 5) is 15.4. The van der Waals surface area contributed by atoms with Crippen LogP contribution in [0.5, 0.6) is 0 Å². The molecule has 4 nitrogen and oxygen atoms in total. The molecule has 1 aromatic heterocycles. The predicted molar refractivity (Wildman–Crippen MR) is 68.0 cm³/mol. The van der Waals surface area contributed by atoms with E-state index in [0.29, 0.717) is 5.69 Å². The third-order valence-corrected chi connectivity index (χ3v) is 2.52. The van der Waals surface area contributed by atoms with Crippen LogP contribution in [0.25, 0.3) is 0 Å². The Kier molecular flexibility index (Phi) is 3.43. The van der Waals surface area contributed by atoms with Gasteiger partial charge in [0.05, 0.1) is 10.6 Å². The quantitative estimate of drug-likeness (QED) is 0.648. The monoisotopic (exact) mass is 265 g/mol. The van der Waals surface area contributed by atoms with E-state index >= 15 is 0 Å². The first-order valence-electron chi connectivity index (χ1n) is 5.05. The standard InChI is InChI=1S/C12H9ClFN3O/c13-9-5-4-7(15)6-8(9)12(18)17-11-3-1-2-10(14)16-11/h1-6H,15H2,(H,16,17,18). The number of amides is 1. The predicted octanol–water partition coefficient (Wildman–Crippen LogP) is 2.71. The summed E-state index contributed by atoms with van der Waals surface area (Å²) in [6.45, 7) is 0. The molecule has 0 spiro atoms. The van der Waals surface area contributed by atoms with Crippen molar-refractivity contribution in [2.45, 2.75) is 0 Å². The van der Waals surface area contributed by atoms with E-state index in [1.807, 2.05) is 0 Å². The number of carbonyl (C=O) groups excluding carboxylic acids is 1. The number of nitrogen functional groups attached to an aromatic ring is 1. The Hall–Kier alpha value is -2.14. The van der Waals surface area contributed by atoms with Crippen LogP contribution in [-0.4, -0.2) is 10.9 Å². The molecule has 1 aromatic carbocycles. The summed E-state index contributed by atoms with van der Waals surface area (Å²) in [6.07, 6.45) is 0. The van der Waals surface area contributed by atoms with E-state index in [1.54, 1.807) is 6.07 Å². The number of nitrogens with zero attached hydrogens (tertiary/aromatic N) is 1. The number of carbonyl (C=O) groups is 1. The van der Waals surface area contributed by atoms with Crippen LogP contribution in [0.15, 0.2) is 36.4 Å². The van der Waals surface area contributed by atoms with E-state index in [9.17, 15) is 9.18 Å². The summed E-state index contributed by atoms with van der Waals surface area (Å²) < 4.78 is 12.9. The number of hydrogen-bond donors (Lipinski definition) is 2. The van der Waals surface area contributed by atoms with Gasteiger partial charge in [0.15, 0.2) is 0 Å². The second-order valence-corrected chi connectivity index (χ2v) is 3.95. The zero-order chi connectivity index (χ0) is 13.1. The van der Waals surface area contributed by atoms with Crippen LogP contribution >= 0.6 is 11.6 Å². The third kappa shape index (κ3) is 2.75. The lowest BCUT2D eigenvalue weighted by atomic mass is 10.2. The summed E-state index contributed by atoms with van der Waals surface area (Å²) in [5, 5.41) is 2.70. The number of pyridine rings is 1. The van der Waals surface area contributed by atoms with Crippen molar-refractivity contribution in [3.05, 3.63) is 52.9 Å². The molecule has 0 saturated heterocycles. The summed E-state index contributed by atoms with van der Waals surface area (Å²) in [5.41, 5.74) is 6.19. The second kappa shape index (κ2) is 5.01. The van der Waals surface area contributed by atoms with Gasteiger partial charge >= 0.3 is 0 Å². The number of nitrogens with two attached hydrogens (primary N) is 1. The molecule has 2 rings (SSSR count). The van der Waals surface area contributed by atoms with Gasteiger partial charge in [-0.25, -0.2) is 4.98 Å². The molecule has 0 unspecified atom stereocenters. The minimum Gasteiger partial charge on any atom is -0.399 e. The summed E-state index contributed by atoms with van der Waals surface area (Å²) >= 11 is 5.88. The van der Waals surface area contributed by atoms with Crippen LogP contribution < -0.4 is 11.1 Å². The normalized spacial score (nSPS) is 10.1. The molecular formula is C12H9ClFN3O. The van der Waals surface area contributed by atoms with Crippen molar-refractivity contribution < 1.29 is 9.18 Å². The first-order chi connectivity index (χ1) is 8.56. The lowest BCUT2D eigenvalue weighted by molar-refractivity contribution is 0.102. The van der Waals surface area contributed by atoms with E-state index in [2.05, 4.69) is 10.3 Å². The Bertz CT molecular complexity index is 604. The van der Waals surface area contributed by atoms with E-state index in [-0.39, 0.29) is 16.4 Å². The highest BCUT2D eigenvalue weighted by molar-refractivity contribution is 6.34. The fraction of sp³-hybridized carbons (Fsp3) is 0. The molecule has 1 amide bonds. The highest BCUT2D eigenvalue weighted by atomic mass is 35.5. The van der Waals surface area contributed by atoms with Crippen molar-refractivity contribution in [2.24, 2.45) is 0 Å². The van der Waals surface area contributed by atoms with Crippen LogP contribution in [0.4, 0.5) is 15.9 Å². The van der Waals surface area contributed by atoms with E-state index < -0.39 is 11.9 Å². The second-order valence-electron chi connectivity index (χ2n) is 3.54. The van der Waals surface area contributed by atoms with Crippen molar-refractivity contribution in [3.63, 3.8) is 0 Å². The third-order valence-electron chi connectivity index (χ3n) is 2.19. The Morgan fingerprint density at radius 1 is 1.33 bits per heavy atom. The van der Waals surface area contributed by atoms with Gasteiger partial charge < -0.3 is 11.1 Å². The molecule has 6 heteroatoms. The van der Waals surface area contributed by atoms with Crippen LogP contribution in [0, 0.1) is 5.95 Å². The SMILES string of the molecule is Nc1ccc(Cl)c(C(=O)Nc2cccc(F)n2)c1. The molecular weight excluding hydrogens is 257 g/mol. The lowest BCUT2D eigenvalue weighted by Crippen LogP contribution is -2.14. The van der Waals surface area contributed by atoms with Gasteiger partial charge in [0.25, 0.3) is 5.91 Å². The maximum Gasteiger partial charge on any atom is 0.258 e. The molecule has 2 aromatic rings. The molecule has 0 radical (unpaired) electrons. The maximum atomic E-state index is 12.9. The first-order valence-corrected chi connectivity index (χ1v) is 5.43. The Labute approximate surface area is 108 Å². The number of anilines is 2. The van der Waals surface area contributed by atoms with Crippen molar-refractivity contribution >= 4 is 29.0 Å². The van der Waals surface area contributed by atoms with E-state index in [0.717, 1.165) is 0 Å². The molecule has 0 aliphatic rings. The number of hydrogen-bond acceptors (Lipinski definition) is 3. The van der Waals surface area contributed by atoms with Crippen LogP contribution in [0.3, 0.4) is 0 Å². The molecule has 3 N–H and O–H groups in total. The minimum absolute atomic E-state index is 0.110. The van der Waals surface area contributed by atoms with Crippen molar-refractivity contribution in [1.29, 1.82) is 0 Å². The highest BCUT2D eigenvalue weighted by Gasteiger charge is 2.11. The number of rotatable bonds is 2. The fourth-order valence-electron chi connectivity index (χ4n) is 1.38. The number of benzene rings is 1. The zero-order valence-corrected chi connectivity index (χ0v) is 9.91.